The van der Waals surface area contributed by atoms with Gasteiger partial charge < -0.3 is 4.18 Å². The molecule has 0 aliphatic carbocycles. The van der Waals surface area contributed by atoms with Crippen molar-refractivity contribution in [1.82, 2.24) is 0 Å². The first-order chi connectivity index (χ1) is 6.61. The SMILES string of the molecule is Cc1ccccc1SOC(F)=C(F)F. The molecule has 0 fully saturated rings. The minimum atomic E-state index is -2.45. The number of hydrogen-bond acceptors (Lipinski definition) is 2. The molecule has 5 heteroatoms. The van der Waals surface area contributed by atoms with E-state index in [1.165, 1.54) is 0 Å². The molecule has 0 saturated carbocycles. The molecule has 0 N–H and O–H groups in total. The van der Waals surface area contributed by atoms with Crippen LogP contribution in [0.15, 0.2) is 41.3 Å². The van der Waals surface area contributed by atoms with E-state index in [1.54, 1.807) is 31.2 Å². The van der Waals surface area contributed by atoms with Crippen LogP contribution in [-0.2, 0) is 4.18 Å². The first-order valence-electron chi connectivity index (χ1n) is 3.72. The van der Waals surface area contributed by atoms with Gasteiger partial charge in [0.1, 0.15) is 0 Å². The Labute approximate surface area is 83.8 Å². The van der Waals surface area contributed by atoms with E-state index in [4.69, 9.17) is 0 Å². The standard InChI is InChI=1S/C9H7F3OS/c1-6-4-2-3-5-7(6)14-13-9(12)8(10)11/h2-5H,1H3. The minimum Gasteiger partial charge on any atom is -0.387 e. The van der Waals surface area contributed by atoms with Crippen LogP contribution in [0, 0.1) is 6.92 Å². The van der Waals surface area contributed by atoms with E-state index >= 15 is 0 Å². The van der Waals surface area contributed by atoms with Crippen LogP contribution in [0.3, 0.4) is 0 Å². The predicted octanol–water partition coefficient (Wildman–Crippen LogP) is 4.05. The van der Waals surface area contributed by atoms with Gasteiger partial charge in [-0.3, -0.25) is 0 Å². The van der Waals surface area contributed by atoms with Crippen molar-refractivity contribution in [2.45, 2.75) is 11.8 Å². The summed E-state index contributed by atoms with van der Waals surface area (Å²) in [6.07, 6.45) is -2.45. The number of rotatable bonds is 3. The van der Waals surface area contributed by atoms with Crippen molar-refractivity contribution in [1.29, 1.82) is 0 Å². The molecule has 1 aromatic rings. The maximum atomic E-state index is 12.2. The molecule has 1 aromatic carbocycles. The van der Waals surface area contributed by atoms with Crippen molar-refractivity contribution >= 4 is 12.0 Å². The summed E-state index contributed by atoms with van der Waals surface area (Å²) in [6.45, 7) is 1.78. The van der Waals surface area contributed by atoms with Crippen molar-refractivity contribution in [2.24, 2.45) is 0 Å². The van der Waals surface area contributed by atoms with Crippen LogP contribution in [0.2, 0.25) is 0 Å². The lowest BCUT2D eigenvalue weighted by molar-refractivity contribution is 0.266. The smallest absolute Gasteiger partial charge is 0.351 e. The van der Waals surface area contributed by atoms with Crippen molar-refractivity contribution in [3.05, 3.63) is 41.9 Å². The molecule has 14 heavy (non-hydrogen) atoms. The Morgan fingerprint density at radius 3 is 2.43 bits per heavy atom. The van der Waals surface area contributed by atoms with E-state index in [2.05, 4.69) is 4.18 Å². The predicted molar refractivity (Wildman–Crippen MR) is 48.5 cm³/mol. The van der Waals surface area contributed by atoms with Crippen molar-refractivity contribution in [3.8, 4) is 0 Å². The van der Waals surface area contributed by atoms with E-state index < -0.39 is 12.1 Å². The van der Waals surface area contributed by atoms with Crippen LogP contribution >= 0.6 is 12.0 Å². The second-order valence-electron chi connectivity index (χ2n) is 2.47. The van der Waals surface area contributed by atoms with Crippen molar-refractivity contribution < 1.29 is 17.4 Å². The molecule has 76 valence electrons. The second kappa shape index (κ2) is 4.95. The van der Waals surface area contributed by atoms with E-state index in [0.717, 1.165) is 5.56 Å². The fraction of sp³-hybridized carbons (Fsp3) is 0.111. The summed E-state index contributed by atoms with van der Waals surface area (Å²) in [5, 5.41) is 0. The molecule has 0 atom stereocenters. The largest absolute Gasteiger partial charge is 0.387 e. The molecule has 0 amide bonds. The number of hydrogen-bond donors (Lipinski definition) is 0. The summed E-state index contributed by atoms with van der Waals surface area (Å²) >= 11 is 0.571. The lowest BCUT2D eigenvalue weighted by Gasteiger charge is -2.02. The molecule has 0 aliphatic heterocycles. The lowest BCUT2D eigenvalue weighted by atomic mass is 10.2. The minimum absolute atomic E-state index is 0.571. The third kappa shape index (κ3) is 2.99. The zero-order chi connectivity index (χ0) is 10.6. The quantitative estimate of drug-likeness (QED) is 0.561. The van der Waals surface area contributed by atoms with Gasteiger partial charge in [-0.2, -0.15) is 13.2 Å². The second-order valence-corrected chi connectivity index (χ2v) is 3.24. The summed E-state index contributed by atoms with van der Waals surface area (Å²) in [7, 11) is 0. The molecule has 0 aliphatic rings. The molecule has 0 radical (unpaired) electrons. The van der Waals surface area contributed by atoms with Crippen LogP contribution in [0.4, 0.5) is 13.2 Å². The van der Waals surface area contributed by atoms with Gasteiger partial charge >= 0.3 is 12.1 Å². The molecule has 1 rings (SSSR count). The summed E-state index contributed by atoms with van der Waals surface area (Å²) in [6, 6.07) is 5.09. The number of benzene rings is 1. The first-order valence-corrected chi connectivity index (χ1v) is 4.46. The van der Waals surface area contributed by atoms with Crippen LogP contribution in [-0.4, -0.2) is 0 Å². The highest BCUT2D eigenvalue weighted by Crippen LogP contribution is 2.27. The first kappa shape index (κ1) is 11.0. The highest BCUT2D eigenvalue weighted by Gasteiger charge is 2.08. The Bertz CT molecular complexity index is 348. The van der Waals surface area contributed by atoms with Crippen LogP contribution in [0.25, 0.3) is 0 Å². The lowest BCUT2D eigenvalue weighted by Crippen LogP contribution is -1.81. The Morgan fingerprint density at radius 1 is 1.21 bits per heavy atom. The van der Waals surface area contributed by atoms with Crippen molar-refractivity contribution in [3.63, 3.8) is 0 Å². The van der Waals surface area contributed by atoms with Gasteiger partial charge in [0.15, 0.2) is 0 Å². The monoisotopic (exact) mass is 220 g/mol. The number of aryl methyl sites for hydroxylation is 1. The molecule has 0 saturated heterocycles. The molecule has 1 nitrogen and oxygen atoms in total. The van der Waals surface area contributed by atoms with Gasteiger partial charge in [0.05, 0.1) is 16.9 Å². The highest BCUT2D eigenvalue weighted by molar-refractivity contribution is 7.94. The van der Waals surface area contributed by atoms with Gasteiger partial charge in [0, 0.05) is 0 Å². The average molecular weight is 220 g/mol. The number of halogens is 3. The van der Waals surface area contributed by atoms with E-state index in [-0.39, 0.29) is 0 Å². The maximum absolute atomic E-state index is 12.2. The van der Waals surface area contributed by atoms with Gasteiger partial charge in [-0.05, 0) is 18.6 Å². The topological polar surface area (TPSA) is 9.23 Å². The van der Waals surface area contributed by atoms with Gasteiger partial charge in [-0.15, -0.1) is 0 Å². The van der Waals surface area contributed by atoms with Crippen LogP contribution in [0.1, 0.15) is 5.56 Å². The molecule has 0 heterocycles. The van der Waals surface area contributed by atoms with Crippen LogP contribution in [0.5, 0.6) is 0 Å². The molecule has 0 aromatic heterocycles. The Morgan fingerprint density at radius 2 is 1.86 bits per heavy atom. The zero-order valence-electron chi connectivity index (χ0n) is 7.26. The summed E-state index contributed by atoms with van der Waals surface area (Å²) in [4.78, 5) is 0.601. The molecule has 0 unspecified atom stereocenters. The van der Waals surface area contributed by atoms with E-state index in [0.29, 0.717) is 16.9 Å². The molecular weight excluding hydrogens is 213 g/mol. The molecule has 0 spiro atoms. The zero-order valence-corrected chi connectivity index (χ0v) is 8.08. The molecule has 0 bridgehead atoms. The van der Waals surface area contributed by atoms with Crippen molar-refractivity contribution in [2.75, 3.05) is 0 Å². The average Bonchev–Trinajstić information content (AvgIpc) is 2.16. The maximum Gasteiger partial charge on any atom is 0.351 e. The Kier molecular flexibility index (Phi) is 3.88. The molecular formula is C9H7F3OS. The normalized spacial score (nSPS) is 9.71. The third-order valence-corrected chi connectivity index (χ3v) is 2.31. The summed E-state index contributed by atoms with van der Waals surface area (Å²) in [5.41, 5.74) is 0.838. The summed E-state index contributed by atoms with van der Waals surface area (Å²) < 4.78 is 39.6. The Hall–Kier alpha value is -1.10. The Balaban J connectivity index is 2.63. The fourth-order valence-corrected chi connectivity index (χ4v) is 1.32. The van der Waals surface area contributed by atoms with Gasteiger partial charge in [-0.25, -0.2) is 0 Å². The van der Waals surface area contributed by atoms with Gasteiger partial charge in [0.2, 0.25) is 0 Å². The summed E-state index contributed by atoms with van der Waals surface area (Å²) in [5.74, 6) is 0. The van der Waals surface area contributed by atoms with Crippen LogP contribution < -0.4 is 0 Å². The highest BCUT2D eigenvalue weighted by atomic mass is 32.2. The van der Waals surface area contributed by atoms with E-state index in [1.807, 2.05) is 0 Å². The van der Waals surface area contributed by atoms with E-state index in [9.17, 15) is 13.2 Å². The van der Waals surface area contributed by atoms with Gasteiger partial charge in [0.25, 0.3) is 0 Å². The third-order valence-electron chi connectivity index (χ3n) is 1.45. The fourth-order valence-electron chi connectivity index (χ4n) is 0.763. The van der Waals surface area contributed by atoms with Gasteiger partial charge in [-0.1, -0.05) is 18.2 Å².